The van der Waals surface area contributed by atoms with Gasteiger partial charge in [0.05, 0.1) is 18.4 Å². The molecule has 1 aromatic carbocycles. The summed E-state index contributed by atoms with van der Waals surface area (Å²) in [7, 11) is 3.58. The number of benzene rings is 1. The first-order chi connectivity index (χ1) is 9.20. The summed E-state index contributed by atoms with van der Waals surface area (Å²) in [6.07, 6.45) is 3.63. The predicted octanol–water partition coefficient (Wildman–Crippen LogP) is 2.63. The van der Waals surface area contributed by atoms with Gasteiger partial charge >= 0.3 is 0 Å². The lowest BCUT2D eigenvalue weighted by Gasteiger charge is -2.09. The summed E-state index contributed by atoms with van der Waals surface area (Å²) in [6.45, 7) is 0. The molecular weight excluding hydrogens is 238 g/mol. The van der Waals surface area contributed by atoms with Crippen LogP contribution in [0.1, 0.15) is 18.5 Å². The number of aromatic nitrogens is 2. The molecule has 1 aromatic heterocycles. The molecule has 1 fully saturated rings. The molecule has 0 aliphatic heterocycles. The third-order valence-electron chi connectivity index (χ3n) is 3.72. The summed E-state index contributed by atoms with van der Waals surface area (Å²) >= 11 is 0. The molecule has 4 heteroatoms. The zero-order valence-corrected chi connectivity index (χ0v) is 11.4. The largest absolute Gasteiger partial charge is 0.496 e. The van der Waals surface area contributed by atoms with Crippen molar-refractivity contribution in [1.82, 2.24) is 9.78 Å². The maximum Gasteiger partial charge on any atom is 0.129 e. The van der Waals surface area contributed by atoms with Crippen molar-refractivity contribution >= 4 is 5.82 Å². The number of nitrogens with zero attached hydrogens (tertiary/aromatic N) is 2. The highest BCUT2D eigenvalue weighted by Crippen LogP contribution is 2.40. The Morgan fingerprint density at radius 1 is 1.37 bits per heavy atom. The fraction of sp³-hybridized carbons (Fsp3) is 0.400. The number of ether oxygens (including phenoxy) is 1. The average molecular weight is 257 g/mol. The molecule has 4 nitrogen and oxygen atoms in total. The molecule has 3 rings (SSSR count). The van der Waals surface area contributed by atoms with Crippen LogP contribution in [-0.4, -0.2) is 16.9 Å². The first kappa shape index (κ1) is 12.1. The predicted molar refractivity (Wildman–Crippen MR) is 76.0 cm³/mol. The molecule has 100 valence electrons. The molecule has 1 aliphatic rings. The Labute approximate surface area is 113 Å². The molecule has 1 saturated carbocycles. The number of anilines is 1. The van der Waals surface area contributed by atoms with Crippen LogP contribution in [0.15, 0.2) is 24.3 Å². The van der Waals surface area contributed by atoms with Crippen LogP contribution in [0.5, 0.6) is 5.75 Å². The van der Waals surface area contributed by atoms with Gasteiger partial charge in [0.1, 0.15) is 11.6 Å². The number of nitrogen functional groups attached to an aromatic ring is 1. The van der Waals surface area contributed by atoms with Gasteiger partial charge < -0.3 is 10.5 Å². The molecule has 0 bridgehead atoms. The molecule has 1 aliphatic carbocycles. The summed E-state index contributed by atoms with van der Waals surface area (Å²) in [5.74, 6) is 2.34. The Bertz CT molecular complexity index is 599. The van der Waals surface area contributed by atoms with Gasteiger partial charge in [0.2, 0.25) is 0 Å². The Kier molecular flexibility index (Phi) is 2.93. The Morgan fingerprint density at radius 2 is 2.11 bits per heavy atom. The molecule has 2 N–H and O–H groups in total. The first-order valence-electron chi connectivity index (χ1n) is 6.65. The highest BCUT2D eigenvalue weighted by atomic mass is 16.5. The second-order valence-corrected chi connectivity index (χ2v) is 5.18. The third kappa shape index (κ3) is 2.18. The molecule has 0 saturated heterocycles. The summed E-state index contributed by atoms with van der Waals surface area (Å²) in [5, 5.41) is 4.58. The van der Waals surface area contributed by atoms with E-state index in [0.717, 1.165) is 34.9 Å². The van der Waals surface area contributed by atoms with Crippen LogP contribution in [0.4, 0.5) is 5.82 Å². The van der Waals surface area contributed by atoms with Crippen molar-refractivity contribution in [2.75, 3.05) is 12.8 Å². The summed E-state index contributed by atoms with van der Waals surface area (Å²) < 4.78 is 7.21. The van der Waals surface area contributed by atoms with E-state index in [1.165, 1.54) is 12.8 Å². The third-order valence-corrected chi connectivity index (χ3v) is 3.72. The van der Waals surface area contributed by atoms with Crippen molar-refractivity contribution < 1.29 is 4.74 Å². The molecule has 0 radical (unpaired) electrons. The standard InChI is InChI=1S/C15H19N3O/c1-18-15(16)14(12(17-18)9-10-7-8-10)11-5-3-4-6-13(11)19-2/h3-6,10H,7-9,16H2,1-2H3. The van der Waals surface area contributed by atoms with Gasteiger partial charge in [-0.1, -0.05) is 18.2 Å². The fourth-order valence-electron chi connectivity index (χ4n) is 2.48. The number of rotatable bonds is 4. The quantitative estimate of drug-likeness (QED) is 0.916. The van der Waals surface area contributed by atoms with Gasteiger partial charge in [-0.3, -0.25) is 4.68 Å². The Morgan fingerprint density at radius 3 is 2.79 bits per heavy atom. The van der Waals surface area contributed by atoms with Crippen molar-refractivity contribution in [3.8, 4) is 16.9 Å². The van der Waals surface area contributed by atoms with Crippen molar-refractivity contribution in [2.45, 2.75) is 19.3 Å². The van der Waals surface area contributed by atoms with Crippen LogP contribution in [0, 0.1) is 5.92 Å². The van der Waals surface area contributed by atoms with Gasteiger partial charge in [-0.2, -0.15) is 5.10 Å². The van der Waals surface area contributed by atoms with E-state index in [1.807, 2.05) is 31.3 Å². The zero-order valence-electron chi connectivity index (χ0n) is 11.4. The zero-order chi connectivity index (χ0) is 13.4. The van der Waals surface area contributed by atoms with E-state index in [0.29, 0.717) is 5.82 Å². The number of nitrogens with two attached hydrogens (primary N) is 1. The lowest BCUT2D eigenvalue weighted by atomic mass is 10.0. The van der Waals surface area contributed by atoms with Crippen molar-refractivity contribution in [3.05, 3.63) is 30.0 Å². The van der Waals surface area contributed by atoms with Crippen molar-refractivity contribution in [2.24, 2.45) is 13.0 Å². The lowest BCUT2D eigenvalue weighted by Crippen LogP contribution is -1.98. The Hall–Kier alpha value is -1.97. The van der Waals surface area contributed by atoms with Gasteiger partial charge in [0, 0.05) is 12.6 Å². The summed E-state index contributed by atoms with van der Waals surface area (Å²) in [4.78, 5) is 0. The van der Waals surface area contributed by atoms with Crippen LogP contribution >= 0.6 is 0 Å². The van der Waals surface area contributed by atoms with E-state index in [-0.39, 0.29) is 0 Å². The minimum atomic E-state index is 0.708. The number of methoxy groups -OCH3 is 1. The van der Waals surface area contributed by atoms with E-state index in [9.17, 15) is 0 Å². The van der Waals surface area contributed by atoms with Crippen molar-refractivity contribution in [3.63, 3.8) is 0 Å². The Balaban J connectivity index is 2.11. The lowest BCUT2D eigenvalue weighted by molar-refractivity contribution is 0.416. The topological polar surface area (TPSA) is 53.1 Å². The van der Waals surface area contributed by atoms with E-state index in [2.05, 4.69) is 5.10 Å². The molecule has 0 amide bonds. The fourth-order valence-corrected chi connectivity index (χ4v) is 2.48. The smallest absolute Gasteiger partial charge is 0.129 e. The van der Waals surface area contributed by atoms with Gasteiger partial charge in [0.15, 0.2) is 0 Å². The van der Waals surface area contributed by atoms with Crippen LogP contribution in [0.25, 0.3) is 11.1 Å². The van der Waals surface area contributed by atoms with E-state index in [1.54, 1.807) is 11.8 Å². The van der Waals surface area contributed by atoms with Gasteiger partial charge in [0.25, 0.3) is 0 Å². The van der Waals surface area contributed by atoms with Crippen LogP contribution in [0.2, 0.25) is 0 Å². The molecule has 0 atom stereocenters. The maximum absolute atomic E-state index is 6.20. The van der Waals surface area contributed by atoms with Gasteiger partial charge in [-0.25, -0.2) is 0 Å². The SMILES string of the molecule is COc1ccccc1-c1c(CC2CC2)nn(C)c1N. The second-order valence-electron chi connectivity index (χ2n) is 5.18. The molecule has 19 heavy (non-hydrogen) atoms. The van der Waals surface area contributed by atoms with Crippen LogP contribution in [-0.2, 0) is 13.5 Å². The molecule has 2 aromatic rings. The minimum Gasteiger partial charge on any atom is -0.496 e. The number of hydrogen-bond acceptors (Lipinski definition) is 3. The van der Waals surface area contributed by atoms with Gasteiger partial charge in [-0.15, -0.1) is 0 Å². The monoisotopic (exact) mass is 257 g/mol. The highest BCUT2D eigenvalue weighted by molar-refractivity contribution is 5.81. The number of hydrogen-bond donors (Lipinski definition) is 1. The normalized spacial score (nSPS) is 14.6. The molecule has 0 unspecified atom stereocenters. The maximum atomic E-state index is 6.20. The molecule has 1 heterocycles. The van der Waals surface area contributed by atoms with E-state index in [4.69, 9.17) is 10.5 Å². The van der Waals surface area contributed by atoms with Gasteiger partial charge in [-0.05, 0) is 31.2 Å². The number of para-hydroxylation sites is 1. The minimum absolute atomic E-state index is 0.708. The first-order valence-corrected chi connectivity index (χ1v) is 6.65. The van der Waals surface area contributed by atoms with Crippen LogP contribution < -0.4 is 10.5 Å². The summed E-state index contributed by atoms with van der Waals surface area (Å²) in [5.41, 5.74) is 9.36. The highest BCUT2D eigenvalue weighted by Gasteiger charge is 2.27. The van der Waals surface area contributed by atoms with E-state index >= 15 is 0 Å². The second kappa shape index (κ2) is 4.61. The van der Waals surface area contributed by atoms with Crippen molar-refractivity contribution in [1.29, 1.82) is 0 Å². The number of aryl methyl sites for hydroxylation is 1. The van der Waals surface area contributed by atoms with E-state index < -0.39 is 0 Å². The molecule has 0 spiro atoms. The average Bonchev–Trinajstić information content (AvgIpc) is 3.18. The summed E-state index contributed by atoms with van der Waals surface area (Å²) in [6, 6.07) is 7.98. The molecular formula is C15H19N3O. The van der Waals surface area contributed by atoms with Crippen LogP contribution in [0.3, 0.4) is 0 Å².